The molecule has 7 heteroatoms. The lowest BCUT2D eigenvalue weighted by molar-refractivity contribution is 0.0822. The van der Waals surface area contributed by atoms with E-state index in [1.807, 2.05) is 13.8 Å². The van der Waals surface area contributed by atoms with Gasteiger partial charge in [0.05, 0.1) is 17.5 Å². The standard InChI is InChI=1S/C18H24N4O3/c1-11(2)25-14-9-7-13(8-10-14)17(23)19-15-12(3)22(6)20-16(15)18(24)21(4)5/h7-11H,1-6H3,(H,19,23). The molecule has 0 atom stereocenters. The fourth-order valence-electron chi connectivity index (χ4n) is 2.26. The number of nitrogens with zero attached hydrogens (tertiary/aromatic N) is 3. The first kappa shape index (κ1) is 18.5. The number of hydrogen-bond donors (Lipinski definition) is 1. The molecule has 0 saturated carbocycles. The van der Waals surface area contributed by atoms with E-state index in [1.165, 1.54) is 4.90 Å². The van der Waals surface area contributed by atoms with Gasteiger partial charge in [-0.3, -0.25) is 14.3 Å². The summed E-state index contributed by atoms with van der Waals surface area (Å²) >= 11 is 0. The lowest BCUT2D eigenvalue weighted by Gasteiger charge is -2.12. The molecule has 7 nitrogen and oxygen atoms in total. The van der Waals surface area contributed by atoms with E-state index in [-0.39, 0.29) is 23.6 Å². The van der Waals surface area contributed by atoms with E-state index >= 15 is 0 Å². The Hall–Kier alpha value is -2.83. The van der Waals surface area contributed by atoms with Crippen LogP contribution in [0.1, 0.15) is 40.4 Å². The molecule has 0 aliphatic rings. The van der Waals surface area contributed by atoms with Crippen molar-refractivity contribution in [1.29, 1.82) is 0 Å². The van der Waals surface area contributed by atoms with Crippen LogP contribution in [-0.2, 0) is 7.05 Å². The van der Waals surface area contributed by atoms with E-state index in [9.17, 15) is 9.59 Å². The van der Waals surface area contributed by atoms with Gasteiger partial charge in [0.2, 0.25) is 0 Å². The van der Waals surface area contributed by atoms with Gasteiger partial charge in [0.25, 0.3) is 11.8 Å². The summed E-state index contributed by atoms with van der Waals surface area (Å²) in [5, 5.41) is 7.02. The number of carbonyl (C=O) groups excluding carboxylic acids is 2. The Bertz CT molecular complexity index is 776. The van der Waals surface area contributed by atoms with Gasteiger partial charge in [-0.1, -0.05) is 0 Å². The van der Waals surface area contributed by atoms with Crippen LogP contribution in [0.15, 0.2) is 24.3 Å². The largest absolute Gasteiger partial charge is 0.491 e. The van der Waals surface area contributed by atoms with Gasteiger partial charge in [-0.05, 0) is 45.0 Å². The van der Waals surface area contributed by atoms with Crippen LogP contribution in [0, 0.1) is 6.92 Å². The van der Waals surface area contributed by atoms with Crippen LogP contribution in [0.4, 0.5) is 5.69 Å². The second kappa shape index (κ2) is 7.38. The van der Waals surface area contributed by atoms with Crippen molar-refractivity contribution in [2.45, 2.75) is 26.9 Å². The van der Waals surface area contributed by atoms with Crippen LogP contribution >= 0.6 is 0 Å². The molecule has 2 aromatic rings. The zero-order chi connectivity index (χ0) is 18.7. The number of carbonyl (C=O) groups is 2. The van der Waals surface area contributed by atoms with Gasteiger partial charge in [0, 0.05) is 26.7 Å². The van der Waals surface area contributed by atoms with Gasteiger partial charge in [-0.25, -0.2) is 0 Å². The predicted molar refractivity (Wildman–Crippen MR) is 96.1 cm³/mol. The normalized spacial score (nSPS) is 10.7. The number of benzene rings is 1. The van der Waals surface area contributed by atoms with Gasteiger partial charge >= 0.3 is 0 Å². The molecule has 0 bridgehead atoms. The third-order valence-electron chi connectivity index (χ3n) is 3.67. The van der Waals surface area contributed by atoms with Gasteiger partial charge in [0.1, 0.15) is 5.75 Å². The lowest BCUT2D eigenvalue weighted by Crippen LogP contribution is -2.24. The maximum absolute atomic E-state index is 12.5. The van der Waals surface area contributed by atoms with Crippen molar-refractivity contribution >= 4 is 17.5 Å². The monoisotopic (exact) mass is 344 g/mol. The highest BCUT2D eigenvalue weighted by molar-refractivity contribution is 6.08. The van der Waals surface area contributed by atoms with Crippen molar-refractivity contribution < 1.29 is 14.3 Å². The highest BCUT2D eigenvalue weighted by atomic mass is 16.5. The first-order valence-corrected chi connectivity index (χ1v) is 8.04. The number of nitrogens with one attached hydrogen (secondary N) is 1. The number of hydrogen-bond acceptors (Lipinski definition) is 4. The van der Waals surface area contributed by atoms with Gasteiger partial charge in [0.15, 0.2) is 5.69 Å². The Morgan fingerprint density at radius 1 is 1.20 bits per heavy atom. The van der Waals surface area contributed by atoms with E-state index in [4.69, 9.17) is 4.74 Å². The number of anilines is 1. The fourth-order valence-corrected chi connectivity index (χ4v) is 2.26. The Labute approximate surface area is 147 Å². The maximum atomic E-state index is 12.5. The summed E-state index contributed by atoms with van der Waals surface area (Å²) in [6.07, 6.45) is 0.0670. The molecule has 0 unspecified atom stereocenters. The van der Waals surface area contributed by atoms with Crippen molar-refractivity contribution in [3.63, 3.8) is 0 Å². The third kappa shape index (κ3) is 4.17. The molecule has 1 aromatic heterocycles. The van der Waals surface area contributed by atoms with Crippen molar-refractivity contribution in [2.24, 2.45) is 7.05 Å². The zero-order valence-corrected chi connectivity index (χ0v) is 15.5. The predicted octanol–water partition coefficient (Wildman–Crippen LogP) is 2.47. The fraction of sp³-hybridized carbons (Fsp3) is 0.389. The smallest absolute Gasteiger partial charge is 0.276 e. The van der Waals surface area contributed by atoms with E-state index in [2.05, 4.69) is 10.4 Å². The van der Waals surface area contributed by atoms with Crippen LogP contribution in [0.3, 0.4) is 0 Å². The van der Waals surface area contributed by atoms with Crippen LogP contribution in [0.2, 0.25) is 0 Å². The SMILES string of the molecule is Cc1c(NC(=O)c2ccc(OC(C)C)cc2)c(C(=O)N(C)C)nn1C. The molecule has 1 heterocycles. The van der Waals surface area contributed by atoms with Crippen LogP contribution < -0.4 is 10.1 Å². The first-order valence-electron chi connectivity index (χ1n) is 8.04. The molecular weight excluding hydrogens is 320 g/mol. The number of amides is 2. The summed E-state index contributed by atoms with van der Waals surface area (Å²) in [5.74, 6) is 0.132. The maximum Gasteiger partial charge on any atom is 0.276 e. The second-order valence-electron chi connectivity index (χ2n) is 6.28. The molecule has 1 N–H and O–H groups in total. The van der Waals surface area contributed by atoms with Crippen LogP contribution in [-0.4, -0.2) is 46.7 Å². The molecule has 134 valence electrons. The van der Waals surface area contributed by atoms with E-state index in [1.54, 1.807) is 57.0 Å². The van der Waals surface area contributed by atoms with E-state index in [0.717, 1.165) is 0 Å². The summed E-state index contributed by atoms with van der Waals surface area (Å²) in [5.41, 5.74) is 1.83. The number of ether oxygens (including phenoxy) is 1. The highest BCUT2D eigenvalue weighted by Gasteiger charge is 2.23. The molecule has 0 saturated heterocycles. The van der Waals surface area contributed by atoms with Crippen LogP contribution in [0.25, 0.3) is 0 Å². The summed E-state index contributed by atoms with van der Waals surface area (Å²) in [6.45, 7) is 5.68. The van der Waals surface area contributed by atoms with Gasteiger partial charge in [-0.15, -0.1) is 0 Å². The molecule has 0 fully saturated rings. The summed E-state index contributed by atoms with van der Waals surface area (Å²) in [6, 6.07) is 6.87. The second-order valence-corrected chi connectivity index (χ2v) is 6.28. The molecule has 0 spiro atoms. The molecule has 25 heavy (non-hydrogen) atoms. The zero-order valence-electron chi connectivity index (χ0n) is 15.5. The summed E-state index contributed by atoms with van der Waals surface area (Å²) in [7, 11) is 5.02. The van der Waals surface area contributed by atoms with Crippen LogP contribution in [0.5, 0.6) is 5.75 Å². The Morgan fingerprint density at radius 3 is 2.32 bits per heavy atom. The van der Waals surface area contributed by atoms with Crippen molar-refractivity contribution in [3.8, 4) is 5.75 Å². The minimum absolute atomic E-state index is 0.0670. The number of rotatable bonds is 5. The average molecular weight is 344 g/mol. The molecule has 1 aromatic carbocycles. The Balaban J connectivity index is 2.24. The average Bonchev–Trinajstić information content (AvgIpc) is 2.82. The Morgan fingerprint density at radius 2 is 1.80 bits per heavy atom. The van der Waals surface area contributed by atoms with Crippen molar-refractivity contribution in [2.75, 3.05) is 19.4 Å². The van der Waals surface area contributed by atoms with Gasteiger partial charge in [-0.2, -0.15) is 5.10 Å². The highest BCUT2D eigenvalue weighted by Crippen LogP contribution is 2.22. The van der Waals surface area contributed by atoms with E-state index in [0.29, 0.717) is 22.7 Å². The molecular formula is C18H24N4O3. The first-order chi connectivity index (χ1) is 11.7. The van der Waals surface area contributed by atoms with Gasteiger partial charge < -0.3 is 15.0 Å². The quantitative estimate of drug-likeness (QED) is 0.904. The molecule has 2 rings (SSSR count). The minimum atomic E-state index is -0.306. The lowest BCUT2D eigenvalue weighted by atomic mass is 10.2. The number of aryl methyl sites for hydroxylation is 1. The Kier molecular flexibility index (Phi) is 5.46. The topological polar surface area (TPSA) is 76.5 Å². The van der Waals surface area contributed by atoms with Crippen molar-refractivity contribution in [3.05, 3.63) is 41.2 Å². The molecule has 0 aliphatic heterocycles. The molecule has 0 aliphatic carbocycles. The number of aromatic nitrogens is 2. The van der Waals surface area contributed by atoms with Crippen molar-refractivity contribution in [1.82, 2.24) is 14.7 Å². The summed E-state index contributed by atoms with van der Waals surface area (Å²) < 4.78 is 7.15. The third-order valence-corrected chi connectivity index (χ3v) is 3.67. The minimum Gasteiger partial charge on any atom is -0.491 e. The molecule has 2 amide bonds. The summed E-state index contributed by atoms with van der Waals surface area (Å²) in [4.78, 5) is 26.2. The molecule has 0 radical (unpaired) electrons. The van der Waals surface area contributed by atoms with E-state index < -0.39 is 0 Å².